The van der Waals surface area contributed by atoms with Crippen molar-refractivity contribution in [1.29, 1.82) is 0 Å². The van der Waals surface area contributed by atoms with Gasteiger partial charge < -0.3 is 4.52 Å². The molecule has 0 fully saturated rings. The van der Waals surface area contributed by atoms with Gasteiger partial charge in [-0.1, -0.05) is 57.5 Å². The molecule has 0 saturated carbocycles. The highest BCUT2D eigenvalue weighted by Gasteiger charge is 2.15. The molecule has 0 bridgehead atoms. The summed E-state index contributed by atoms with van der Waals surface area (Å²) in [7, 11) is 0. The lowest BCUT2D eigenvalue weighted by atomic mass is 10.2. The van der Waals surface area contributed by atoms with Crippen molar-refractivity contribution in [2.45, 2.75) is 0 Å². The minimum atomic E-state index is -0.569. The lowest BCUT2D eigenvalue weighted by Gasteiger charge is -1.93. The third kappa shape index (κ3) is 4.71. The summed E-state index contributed by atoms with van der Waals surface area (Å²) >= 11 is 3.35. The Kier molecular flexibility index (Phi) is 5.48. The highest BCUT2D eigenvalue weighted by Crippen LogP contribution is 2.18. The summed E-state index contributed by atoms with van der Waals surface area (Å²) in [5.74, 6) is -0.382. The van der Waals surface area contributed by atoms with Gasteiger partial charge in [-0.3, -0.25) is 4.79 Å². The van der Waals surface area contributed by atoms with E-state index in [1.54, 1.807) is 6.08 Å². The number of nitrogens with zero attached hydrogens (tertiary/aromatic N) is 3. The number of carbonyl (C=O) groups excluding carboxylic acids is 1. The van der Waals surface area contributed by atoms with Crippen LogP contribution in [0.25, 0.3) is 17.5 Å². The molecule has 0 saturated heterocycles. The molecule has 0 spiro atoms. The molecule has 0 radical (unpaired) electrons. The molecule has 0 aliphatic heterocycles. The van der Waals surface area contributed by atoms with E-state index in [-0.39, 0.29) is 5.89 Å². The molecule has 3 aromatic rings. The topological polar surface area (TPSA) is 80.4 Å². The van der Waals surface area contributed by atoms with Crippen molar-refractivity contribution < 1.29 is 9.32 Å². The van der Waals surface area contributed by atoms with Crippen LogP contribution in [0, 0.1) is 0 Å². The van der Waals surface area contributed by atoms with Gasteiger partial charge in [0.1, 0.15) is 0 Å². The van der Waals surface area contributed by atoms with Crippen LogP contribution in [0.5, 0.6) is 0 Å². The van der Waals surface area contributed by atoms with Crippen molar-refractivity contribution in [3.05, 3.63) is 76.6 Å². The van der Waals surface area contributed by atoms with E-state index < -0.39 is 5.91 Å². The SMILES string of the molecule is O=C(N/N=C/C=C/c1ccccc1)c1nc(-c2ccc(Br)cc2)no1. The second kappa shape index (κ2) is 8.16. The quantitative estimate of drug-likeness (QED) is 0.523. The number of rotatable bonds is 5. The summed E-state index contributed by atoms with van der Waals surface area (Å²) in [4.78, 5) is 16.0. The Morgan fingerprint density at radius 1 is 1.12 bits per heavy atom. The lowest BCUT2D eigenvalue weighted by molar-refractivity contribution is 0.0911. The zero-order chi connectivity index (χ0) is 17.5. The minimum absolute atomic E-state index is 0.151. The molecule has 0 atom stereocenters. The molecule has 1 N–H and O–H groups in total. The number of hydrogen-bond acceptors (Lipinski definition) is 5. The molecule has 1 aromatic heterocycles. The van der Waals surface area contributed by atoms with Crippen LogP contribution in [0.3, 0.4) is 0 Å². The molecule has 124 valence electrons. The molecule has 1 heterocycles. The molecule has 2 aromatic carbocycles. The maximum Gasteiger partial charge on any atom is 0.329 e. The number of hydrogen-bond donors (Lipinski definition) is 1. The second-order valence-corrected chi connectivity index (χ2v) is 5.83. The molecule has 7 heteroatoms. The fraction of sp³-hybridized carbons (Fsp3) is 0. The maximum atomic E-state index is 11.9. The van der Waals surface area contributed by atoms with Crippen molar-refractivity contribution in [3.8, 4) is 11.4 Å². The number of aromatic nitrogens is 2. The average Bonchev–Trinajstić information content (AvgIpc) is 3.13. The van der Waals surface area contributed by atoms with Crippen LogP contribution in [-0.2, 0) is 0 Å². The molecule has 0 aliphatic carbocycles. The van der Waals surface area contributed by atoms with Gasteiger partial charge >= 0.3 is 11.8 Å². The van der Waals surface area contributed by atoms with Crippen LogP contribution in [-0.4, -0.2) is 22.3 Å². The van der Waals surface area contributed by atoms with Crippen molar-refractivity contribution in [1.82, 2.24) is 15.6 Å². The Morgan fingerprint density at radius 3 is 2.64 bits per heavy atom. The Balaban J connectivity index is 1.57. The van der Waals surface area contributed by atoms with E-state index >= 15 is 0 Å². The molecule has 0 unspecified atom stereocenters. The van der Waals surface area contributed by atoms with Crippen LogP contribution in [0.1, 0.15) is 16.2 Å². The van der Waals surface area contributed by atoms with Gasteiger partial charge in [0.2, 0.25) is 5.82 Å². The number of amides is 1. The predicted molar refractivity (Wildman–Crippen MR) is 98.9 cm³/mol. The number of hydrazone groups is 1. The first-order valence-electron chi connectivity index (χ1n) is 7.37. The minimum Gasteiger partial charge on any atom is -0.328 e. The van der Waals surface area contributed by atoms with E-state index in [2.05, 4.69) is 36.6 Å². The maximum absolute atomic E-state index is 11.9. The van der Waals surface area contributed by atoms with Crippen LogP contribution in [0.2, 0.25) is 0 Å². The van der Waals surface area contributed by atoms with Crippen molar-refractivity contribution in [2.24, 2.45) is 5.10 Å². The summed E-state index contributed by atoms with van der Waals surface area (Å²) in [6, 6.07) is 17.1. The van der Waals surface area contributed by atoms with Crippen LogP contribution >= 0.6 is 15.9 Å². The largest absolute Gasteiger partial charge is 0.329 e. The van der Waals surface area contributed by atoms with Crippen molar-refractivity contribution in [2.75, 3.05) is 0 Å². The monoisotopic (exact) mass is 396 g/mol. The third-order valence-electron chi connectivity index (χ3n) is 3.14. The van der Waals surface area contributed by atoms with E-state index in [1.165, 1.54) is 6.21 Å². The highest BCUT2D eigenvalue weighted by atomic mass is 79.9. The highest BCUT2D eigenvalue weighted by molar-refractivity contribution is 9.10. The summed E-state index contributed by atoms with van der Waals surface area (Å²) in [5.41, 5.74) is 4.12. The fourth-order valence-corrected chi connectivity index (χ4v) is 2.20. The summed E-state index contributed by atoms with van der Waals surface area (Å²) in [5, 5.41) is 7.60. The molecule has 25 heavy (non-hydrogen) atoms. The smallest absolute Gasteiger partial charge is 0.328 e. The van der Waals surface area contributed by atoms with E-state index in [0.717, 1.165) is 15.6 Å². The van der Waals surface area contributed by atoms with E-state index in [9.17, 15) is 4.79 Å². The van der Waals surface area contributed by atoms with Gasteiger partial charge in [-0.2, -0.15) is 10.1 Å². The Hall–Kier alpha value is -3.06. The Bertz CT molecular complexity index is 902. The summed E-state index contributed by atoms with van der Waals surface area (Å²) in [6.45, 7) is 0. The van der Waals surface area contributed by atoms with Crippen LogP contribution < -0.4 is 5.43 Å². The first-order valence-corrected chi connectivity index (χ1v) is 8.16. The van der Waals surface area contributed by atoms with Gasteiger partial charge in [0.05, 0.1) is 0 Å². The van der Waals surface area contributed by atoms with Gasteiger partial charge in [-0.15, -0.1) is 0 Å². The normalized spacial score (nSPS) is 11.2. The van der Waals surface area contributed by atoms with Gasteiger partial charge in [0, 0.05) is 16.3 Å². The van der Waals surface area contributed by atoms with Crippen molar-refractivity contribution in [3.63, 3.8) is 0 Å². The van der Waals surface area contributed by atoms with Crippen molar-refractivity contribution >= 4 is 34.1 Å². The van der Waals surface area contributed by atoms with E-state index in [1.807, 2.05) is 60.7 Å². The summed E-state index contributed by atoms with van der Waals surface area (Å²) < 4.78 is 5.90. The number of benzene rings is 2. The first kappa shape index (κ1) is 16.8. The molecule has 1 amide bonds. The van der Waals surface area contributed by atoms with E-state index in [0.29, 0.717) is 5.82 Å². The zero-order valence-electron chi connectivity index (χ0n) is 13.0. The second-order valence-electron chi connectivity index (χ2n) is 4.92. The first-order chi connectivity index (χ1) is 12.2. The van der Waals surface area contributed by atoms with Gasteiger partial charge in [-0.25, -0.2) is 5.43 Å². The lowest BCUT2D eigenvalue weighted by Crippen LogP contribution is -2.17. The average molecular weight is 397 g/mol. The third-order valence-corrected chi connectivity index (χ3v) is 3.67. The number of allylic oxidation sites excluding steroid dienone is 1. The van der Waals surface area contributed by atoms with Crippen LogP contribution in [0.4, 0.5) is 0 Å². The molecular weight excluding hydrogens is 384 g/mol. The van der Waals surface area contributed by atoms with Gasteiger partial charge in [0.15, 0.2) is 0 Å². The Morgan fingerprint density at radius 2 is 1.88 bits per heavy atom. The van der Waals surface area contributed by atoms with Gasteiger partial charge in [0.25, 0.3) is 0 Å². The van der Waals surface area contributed by atoms with Gasteiger partial charge in [-0.05, 0) is 35.9 Å². The molecule has 3 rings (SSSR count). The Labute approximate surface area is 152 Å². The summed E-state index contributed by atoms with van der Waals surface area (Å²) in [6.07, 6.45) is 5.06. The molecular formula is C18H13BrN4O2. The number of nitrogens with one attached hydrogen (secondary N) is 1. The fourth-order valence-electron chi connectivity index (χ4n) is 1.94. The molecule has 6 nitrogen and oxygen atoms in total. The number of carbonyl (C=O) groups is 1. The molecule has 0 aliphatic rings. The zero-order valence-corrected chi connectivity index (χ0v) is 14.6. The number of halogens is 1. The van der Waals surface area contributed by atoms with E-state index in [4.69, 9.17) is 4.52 Å². The van der Waals surface area contributed by atoms with Crippen LogP contribution in [0.15, 0.2) is 74.8 Å². The predicted octanol–water partition coefficient (Wildman–Crippen LogP) is 3.93. The standard InChI is InChI=1S/C18H13BrN4O2/c19-15-10-8-14(9-11-15)16-21-18(25-23-16)17(24)22-20-12-4-7-13-5-2-1-3-6-13/h1-12H,(H,22,24)/b7-4+,20-12+.